The zero-order valence-electron chi connectivity index (χ0n) is 20.4. The van der Waals surface area contributed by atoms with Crippen molar-refractivity contribution in [3.8, 4) is 0 Å². The van der Waals surface area contributed by atoms with Gasteiger partial charge in [-0.25, -0.2) is 16.8 Å². The average Bonchev–Trinajstić information content (AvgIpc) is 2.73. The van der Waals surface area contributed by atoms with Crippen LogP contribution in [-0.2, 0) is 39.4 Å². The van der Waals surface area contributed by atoms with Crippen LogP contribution < -0.4 is 69.7 Å². The van der Waals surface area contributed by atoms with Gasteiger partial charge >= 0.3 is 59.1 Å². The Kier molecular flexibility index (Phi) is 14.0. The maximum absolute atomic E-state index is 12.7. The topological polar surface area (TPSA) is 207 Å². The molecular formula is C21H20N2Na2O10S2. The van der Waals surface area contributed by atoms with Gasteiger partial charge in [0.05, 0.1) is 21.6 Å². The zero-order chi connectivity index (χ0) is 26.6. The summed E-state index contributed by atoms with van der Waals surface area (Å²) >= 11 is 0. The molecule has 0 aliphatic heterocycles. The fourth-order valence-electron chi connectivity index (χ4n) is 3.02. The largest absolute Gasteiger partial charge is 1.00 e. The molecule has 2 aromatic carbocycles. The predicted molar refractivity (Wildman–Crippen MR) is 119 cm³/mol. The van der Waals surface area contributed by atoms with Crippen LogP contribution in [0.3, 0.4) is 0 Å². The third-order valence-electron chi connectivity index (χ3n) is 4.91. The Morgan fingerprint density at radius 3 is 1.14 bits per heavy atom. The molecule has 0 radical (unpaired) electrons. The van der Waals surface area contributed by atoms with E-state index in [0.29, 0.717) is 0 Å². The summed E-state index contributed by atoms with van der Waals surface area (Å²) in [5.41, 5.74) is 0.150. The van der Waals surface area contributed by atoms with Gasteiger partial charge in [0.15, 0.2) is 0 Å². The first-order chi connectivity index (χ1) is 16.1. The number of amides is 2. The summed E-state index contributed by atoms with van der Waals surface area (Å²) in [7, 11) is -9.38. The van der Waals surface area contributed by atoms with E-state index in [-0.39, 0.29) is 70.5 Å². The van der Waals surface area contributed by atoms with Crippen molar-refractivity contribution in [3.63, 3.8) is 0 Å². The first kappa shape index (κ1) is 35.5. The molecule has 0 aromatic heterocycles. The Balaban J connectivity index is 0.00000648. The monoisotopic (exact) mass is 570 g/mol. The minimum absolute atomic E-state index is 0. The van der Waals surface area contributed by atoms with E-state index >= 15 is 0 Å². The van der Waals surface area contributed by atoms with Crippen molar-refractivity contribution in [2.45, 2.75) is 30.1 Å². The minimum atomic E-state index is -4.69. The van der Waals surface area contributed by atoms with E-state index in [1.807, 2.05) is 0 Å². The Morgan fingerprint density at radius 2 is 0.919 bits per heavy atom. The van der Waals surface area contributed by atoms with Crippen LogP contribution in [0.25, 0.3) is 0 Å². The van der Waals surface area contributed by atoms with Gasteiger partial charge in [-0.2, -0.15) is 0 Å². The summed E-state index contributed by atoms with van der Waals surface area (Å²) in [5, 5.41) is 4.74. The van der Waals surface area contributed by atoms with Crippen LogP contribution in [0.5, 0.6) is 0 Å². The van der Waals surface area contributed by atoms with Crippen molar-refractivity contribution >= 4 is 55.0 Å². The molecule has 0 fully saturated rings. The Morgan fingerprint density at radius 1 is 0.649 bits per heavy atom. The summed E-state index contributed by atoms with van der Waals surface area (Å²) in [4.78, 5) is 48.5. The molecule has 0 bridgehead atoms. The number of anilines is 2. The van der Waals surface area contributed by atoms with Crippen molar-refractivity contribution in [2.75, 3.05) is 10.6 Å². The number of hydrogen-bond acceptors (Lipinski definition) is 10. The number of benzene rings is 2. The van der Waals surface area contributed by atoms with Gasteiger partial charge in [0.1, 0.15) is 31.8 Å². The molecule has 0 heterocycles. The van der Waals surface area contributed by atoms with E-state index in [1.54, 1.807) is 0 Å². The van der Waals surface area contributed by atoms with Gasteiger partial charge in [0.2, 0.25) is 11.8 Å². The molecule has 188 valence electrons. The summed E-state index contributed by atoms with van der Waals surface area (Å²) < 4.78 is 66.0. The second-order valence-corrected chi connectivity index (χ2v) is 10.3. The molecule has 2 aromatic rings. The van der Waals surface area contributed by atoms with Crippen molar-refractivity contribution in [1.29, 1.82) is 0 Å². The van der Waals surface area contributed by atoms with Crippen molar-refractivity contribution in [1.82, 2.24) is 0 Å². The number of ketones is 2. The Bertz CT molecular complexity index is 1260. The van der Waals surface area contributed by atoms with E-state index in [9.17, 15) is 45.1 Å². The Labute approximate surface area is 258 Å². The maximum atomic E-state index is 12.7. The molecule has 2 amide bonds. The molecule has 16 heteroatoms. The predicted octanol–water partition coefficient (Wildman–Crippen LogP) is -5.12. The van der Waals surface area contributed by atoms with Gasteiger partial charge in [-0.15, -0.1) is 0 Å². The molecule has 37 heavy (non-hydrogen) atoms. The van der Waals surface area contributed by atoms with Gasteiger partial charge < -0.3 is 19.7 Å². The third kappa shape index (κ3) is 10.7. The molecule has 0 spiro atoms. The maximum Gasteiger partial charge on any atom is 1.00 e. The van der Waals surface area contributed by atoms with Gasteiger partial charge in [-0.3, -0.25) is 19.2 Å². The molecular weight excluding hydrogens is 550 g/mol. The van der Waals surface area contributed by atoms with Crippen LogP contribution in [0.4, 0.5) is 11.4 Å². The van der Waals surface area contributed by atoms with E-state index in [1.165, 1.54) is 0 Å². The van der Waals surface area contributed by atoms with E-state index in [0.717, 1.165) is 62.4 Å². The number of carbonyl (C=O) groups is 4. The fraction of sp³-hybridized carbons (Fsp3) is 0.238. The number of Topliss-reactive ketones (excluding diaryl/α,β-unsaturated/α-hetero) is 2. The molecule has 0 saturated heterocycles. The van der Waals surface area contributed by atoms with Gasteiger partial charge in [0, 0.05) is 11.4 Å². The third-order valence-corrected chi connectivity index (χ3v) is 6.61. The van der Waals surface area contributed by atoms with Crippen LogP contribution in [0.15, 0.2) is 58.3 Å². The van der Waals surface area contributed by atoms with Crippen molar-refractivity contribution in [3.05, 3.63) is 48.5 Å². The number of carbonyl (C=O) groups excluding carboxylic acids is 4. The molecule has 12 nitrogen and oxygen atoms in total. The molecule has 0 aliphatic carbocycles. The summed E-state index contributed by atoms with van der Waals surface area (Å²) in [6, 6.07) is 8.43. The van der Waals surface area contributed by atoms with Crippen LogP contribution in [-0.4, -0.2) is 49.3 Å². The second-order valence-electron chi connectivity index (χ2n) is 7.50. The normalized spacial score (nSPS) is 12.6. The Hall–Kier alpha value is -1.46. The number of rotatable bonds is 10. The molecule has 0 aliphatic rings. The van der Waals surface area contributed by atoms with E-state index in [2.05, 4.69) is 10.6 Å². The van der Waals surface area contributed by atoms with Crippen LogP contribution >= 0.6 is 0 Å². The number of nitrogens with one attached hydrogen (secondary N) is 2. The molecule has 0 saturated carbocycles. The fourth-order valence-corrected chi connectivity index (χ4v) is 3.96. The first-order valence-corrected chi connectivity index (χ1v) is 12.7. The molecule has 2 N–H and O–H groups in total. The molecule has 2 rings (SSSR count). The van der Waals surface area contributed by atoms with Gasteiger partial charge in [0.25, 0.3) is 0 Å². The average molecular weight is 571 g/mol. The quantitative estimate of drug-likeness (QED) is 0.158. The summed E-state index contributed by atoms with van der Waals surface area (Å²) in [6.07, 6.45) is -0.484. The van der Waals surface area contributed by atoms with Crippen molar-refractivity contribution in [2.24, 2.45) is 11.8 Å². The summed E-state index contributed by atoms with van der Waals surface area (Å²) in [6.45, 7) is 2.18. The molecule has 2 unspecified atom stereocenters. The molecule has 2 atom stereocenters. The van der Waals surface area contributed by atoms with Crippen LogP contribution in [0.2, 0.25) is 0 Å². The van der Waals surface area contributed by atoms with Crippen LogP contribution in [0.1, 0.15) is 20.3 Å². The SMILES string of the molecule is CC(=O)C(CC(C(C)=O)C(=O)Nc1ccc(S(=O)(=O)[O-])cc1)C(=O)Nc1ccc(S(=O)(=O)[O-])cc1.[Na+].[Na+]. The minimum Gasteiger partial charge on any atom is -0.744 e. The second kappa shape index (κ2) is 14.6. The van der Waals surface area contributed by atoms with E-state index in [4.69, 9.17) is 0 Å². The first-order valence-electron chi connectivity index (χ1n) is 9.84. The van der Waals surface area contributed by atoms with Crippen molar-refractivity contribution < 1.29 is 104 Å². The number of hydrogen-bond donors (Lipinski definition) is 2. The smallest absolute Gasteiger partial charge is 0.744 e. The van der Waals surface area contributed by atoms with Crippen LogP contribution in [0, 0.1) is 11.8 Å². The van der Waals surface area contributed by atoms with E-state index < -0.39 is 71.7 Å². The van der Waals surface area contributed by atoms with Gasteiger partial charge in [-0.1, -0.05) is 0 Å². The summed E-state index contributed by atoms with van der Waals surface area (Å²) in [5.74, 6) is -5.87. The van der Waals surface area contributed by atoms with Gasteiger partial charge in [-0.05, 0) is 68.8 Å². The standard InChI is InChI=1S/C21H22N2O10S2.2Na/c1-12(24)18(20(26)22-14-3-7-16(8-4-14)34(28,29)30)11-19(13(2)25)21(27)23-15-5-9-17(10-6-15)35(31,32)33;;/h3-10,18-19H,11H2,1-2H3,(H,22,26)(H,23,27)(H,28,29,30)(H,31,32,33);;/q;2*+1/p-2. The zero-order valence-corrected chi connectivity index (χ0v) is 26.0.